The predicted molar refractivity (Wildman–Crippen MR) is 73.6 cm³/mol. The van der Waals surface area contributed by atoms with E-state index < -0.39 is 11.7 Å². The molecule has 1 aromatic carbocycles. The van der Waals surface area contributed by atoms with Crippen molar-refractivity contribution in [3.8, 4) is 11.8 Å². The number of halogens is 1. The van der Waals surface area contributed by atoms with E-state index in [1.54, 1.807) is 6.20 Å². The number of carbonyl (C=O) groups is 1. The topological polar surface area (TPSA) is 62.2 Å². The fourth-order valence-corrected chi connectivity index (χ4v) is 2.10. The third-order valence-corrected chi connectivity index (χ3v) is 3.19. The number of rotatable bonds is 3. The zero-order chi connectivity index (χ0) is 14.4. The van der Waals surface area contributed by atoms with Crippen LogP contribution in [0.4, 0.5) is 4.39 Å². The molecule has 0 spiro atoms. The summed E-state index contributed by atoms with van der Waals surface area (Å²) in [7, 11) is 0. The van der Waals surface area contributed by atoms with E-state index in [4.69, 9.17) is 5.11 Å². The molecule has 1 amide bonds. The summed E-state index contributed by atoms with van der Waals surface area (Å²) in [6.07, 6.45) is 1.65. The quantitative estimate of drug-likeness (QED) is 0.843. The first-order chi connectivity index (χ1) is 9.70. The van der Waals surface area contributed by atoms with Gasteiger partial charge in [0, 0.05) is 17.1 Å². The number of amides is 1. The van der Waals surface area contributed by atoms with Gasteiger partial charge in [-0.1, -0.05) is 11.8 Å². The van der Waals surface area contributed by atoms with Crippen molar-refractivity contribution in [1.29, 1.82) is 0 Å². The van der Waals surface area contributed by atoms with Crippen molar-refractivity contribution in [1.82, 2.24) is 10.3 Å². The highest BCUT2D eigenvalue weighted by molar-refractivity contribution is 7.09. The zero-order valence-corrected chi connectivity index (χ0v) is 11.2. The van der Waals surface area contributed by atoms with Crippen molar-refractivity contribution in [3.05, 3.63) is 51.7 Å². The van der Waals surface area contributed by atoms with Crippen LogP contribution < -0.4 is 5.32 Å². The third-order valence-electron chi connectivity index (χ3n) is 2.41. The smallest absolute Gasteiger partial charge is 0.253 e. The van der Waals surface area contributed by atoms with Crippen LogP contribution >= 0.6 is 11.3 Å². The van der Waals surface area contributed by atoms with Crippen molar-refractivity contribution >= 4 is 17.2 Å². The van der Waals surface area contributed by atoms with Crippen molar-refractivity contribution in [2.45, 2.75) is 6.54 Å². The predicted octanol–water partition coefficient (Wildman–Crippen LogP) is 1.56. The van der Waals surface area contributed by atoms with Crippen LogP contribution in [0.25, 0.3) is 0 Å². The molecule has 2 N–H and O–H groups in total. The number of hydrogen-bond donors (Lipinski definition) is 2. The standard InChI is InChI=1S/C14H11FN2O2S/c15-11-4-3-10(2-1-6-18)12(8-11)14(19)17-9-13-16-5-7-20-13/h3-5,7-8,18H,6,9H2,(H,17,19). The van der Waals surface area contributed by atoms with Crippen molar-refractivity contribution in [2.24, 2.45) is 0 Å². The van der Waals surface area contributed by atoms with Gasteiger partial charge in [0.25, 0.3) is 5.91 Å². The second-order valence-electron chi connectivity index (χ2n) is 3.76. The third kappa shape index (κ3) is 3.63. The molecule has 0 radical (unpaired) electrons. The lowest BCUT2D eigenvalue weighted by Gasteiger charge is -2.06. The van der Waals surface area contributed by atoms with Crippen LogP contribution in [0.3, 0.4) is 0 Å². The van der Waals surface area contributed by atoms with E-state index in [9.17, 15) is 9.18 Å². The number of nitrogens with zero attached hydrogens (tertiary/aromatic N) is 1. The van der Waals surface area contributed by atoms with Gasteiger partial charge in [0.2, 0.25) is 0 Å². The second-order valence-corrected chi connectivity index (χ2v) is 4.74. The van der Waals surface area contributed by atoms with Gasteiger partial charge in [-0.25, -0.2) is 9.37 Å². The number of aliphatic hydroxyl groups is 1. The average molecular weight is 290 g/mol. The van der Waals surface area contributed by atoms with Crippen LogP contribution in [0.2, 0.25) is 0 Å². The molecule has 0 fully saturated rings. The second kappa shape index (κ2) is 6.80. The van der Waals surface area contributed by atoms with E-state index in [0.717, 1.165) is 11.1 Å². The van der Waals surface area contributed by atoms with Crippen LogP contribution in [-0.4, -0.2) is 22.6 Å². The lowest BCUT2D eigenvalue weighted by molar-refractivity contribution is 0.0950. The van der Waals surface area contributed by atoms with Crippen molar-refractivity contribution in [3.63, 3.8) is 0 Å². The molecule has 0 aliphatic rings. The summed E-state index contributed by atoms with van der Waals surface area (Å²) < 4.78 is 13.3. The summed E-state index contributed by atoms with van der Waals surface area (Å²) >= 11 is 1.42. The molecule has 0 aliphatic carbocycles. The molecule has 0 saturated carbocycles. The molecule has 2 rings (SSSR count). The number of benzene rings is 1. The van der Waals surface area contributed by atoms with Gasteiger partial charge in [0.1, 0.15) is 17.4 Å². The highest BCUT2D eigenvalue weighted by atomic mass is 32.1. The highest BCUT2D eigenvalue weighted by Crippen LogP contribution is 2.11. The number of nitrogens with one attached hydrogen (secondary N) is 1. The fraction of sp³-hybridized carbons (Fsp3) is 0.143. The Bertz CT molecular complexity index is 660. The van der Waals surface area contributed by atoms with Crippen LogP contribution in [0.1, 0.15) is 20.9 Å². The molecule has 0 atom stereocenters. The van der Waals surface area contributed by atoms with E-state index in [1.807, 2.05) is 5.38 Å². The largest absolute Gasteiger partial charge is 0.384 e. The van der Waals surface area contributed by atoms with Gasteiger partial charge in [-0.3, -0.25) is 4.79 Å². The van der Waals surface area contributed by atoms with Gasteiger partial charge < -0.3 is 10.4 Å². The van der Waals surface area contributed by atoms with E-state index >= 15 is 0 Å². The lowest BCUT2D eigenvalue weighted by atomic mass is 10.1. The summed E-state index contributed by atoms with van der Waals surface area (Å²) in [5.41, 5.74) is 0.514. The summed E-state index contributed by atoms with van der Waals surface area (Å²) in [6, 6.07) is 3.76. The number of hydrogen-bond acceptors (Lipinski definition) is 4. The minimum atomic E-state index is -0.515. The molecule has 0 unspecified atom stereocenters. The molecular formula is C14H11FN2O2S. The first-order valence-electron chi connectivity index (χ1n) is 5.76. The van der Waals surface area contributed by atoms with Crippen molar-refractivity contribution in [2.75, 3.05) is 6.61 Å². The fourth-order valence-electron chi connectivity index (χ4n) is 1.54. The summed E-state index contributed by atoms with van der Waals surface area (Å²) in [5, 5.41) is 13.9. The maximum absolute atomic E-state index is 13.3. The minimum absolute atomic E-state index is 0.141. The lowest BCUT2D eigenvalue weighted by Crippen LogP contribution is -2.23. The summed E-state index contributed by atoms with van der Waals surface area (Å²) in [6.45, 7) is -0.0442. The van der Waals surface area contributed by atoms with E-state index in [0.29, 0.717) is 5.56 Å². The Morgan fingerprint density at radius 1 is 1.50 bits per heavy atom. The van der Waals surface area contributed by atoms with E-state index in [2.05, 4.69) is 22.1 Å². The SMILES string of the molecule is O=C(NCc1nccs1)c1cc(F)ccc1C#CCO. The van der Waals surface area contributed by atoms with Gasteiger partial charge in [-0.2, -0.15) is 0 Å². The van der Waals surface area contributed by atoms with Crippen LogP contribution in [0.5, 0.6) is 0 Å². The maximum Gasteiger partial charge on any atom is 0.253 e. The molecule has 20 heavy (non-hydrogen) atoms. The first kappa shape index (κ1) is 14.2. The molecule has 4 nitrogen and oxygen atoms in total. The molecule has 0 aliphatic heterocycles. The number of aliphatic hydroxyl groups excluding tert-OH is 1. The Balaban J connectivity index is 2.17. The molecule has 1 heterocycles. The Labute approximate surface area is 119 Å². The zero-order valence-electron chi connectivity index (χ0n) is 10.4. The molecule has 0 saturated heterocycles. The maximum atomic E-state index is 13.3. The average Bonchev–Trinajstić information content (AvgIpc) is 2.96. The van der Waals surface area contributed by atoms with Crippen LogP contribution in [0.15, 0.2) is 29.8 Å². The minimum Gasteiger partial charge on any atom is -0.384 e. The van der Waals surface area contributed by atoms with Crippen LogP contribution in [-0.2, 0) is 6.54 Å². The molecular weight excluding hydrogens is 279 g/mol. The number of aromatic nitrogens is 1. The van der Waals surface area contributed by atoms with Gasteiger partial charge >= 0.3 is 0 Å². The molecule has 1 aromatic heterocycles. The molecule has 102 valence electrons. The highest BCUT2D eigenvalue weighted by Gasteiger charge is 2.11. The summed E-state index contributed by atoms with van der Waals surface area (Å²) in [5.74, 6) is 4.12. The normalized spacial score (nSPS) is 9.70. The van der Waals surface area contributed by atoms with Gasteiger partial charge in [0.05, 0.1) is 12.1 Å². The monoisotopic (exact) mass is 290 g/mol. The van der Waals surface area contributed by atoms with Crippen LogP contribution in [0, 0.1) is 17.7 Å². The Kier molecular flexibility index (Phi) is 4.82. The molecule has 6 heteroatoms. The van der Waals surface area contributed by atoms with Crippen molar-refractivity contribution < 1.29 is 14.3 Å². The molecule has 0 bridgehead atoms. The van der Waals surface area contributed by atoms with E-state index in [-0.39, 0.29) is 18.7 Å². The summed E-state index contributed by atoms with van der Waals surface area (Å²) in [4.78, 5) is 16.1. The van der Waals surface area contributed by atoms with Gasteiger partial charge in [0.15, 0.2) is 0 Å². The van der Waals surface area contributed by atoms with E-state index in [1.165, 1.54) is 23.5 Å². The van der Waals surface area contributed by atoms with Gasteiger partial charge in [-0.05, 0) is 18.2 Å². The number of thiazole rings is 1. The Morgan fingerprint density at radius 2 is 2.35 bits per heavy atom. The Morgan fingerprint density at radius 3 is 3.05 bits per heavy atom. The first-order valence-corrected chi connectivity index (χ1v) is 6.64. The van der Waals surface area contributed by atoms with Gasteiger partial charge in [-0.15, -0.1) is 11.3 Å². The number of carbonyl (C=O) groups excluding carboxylic acids is 1. The Hall–Kier alpha value is -2.23. The molecule has 2 aromatic rings.